The first kappa shape index (κ1) is 13.5. The van der Waals surface area contributed by atoms with Gasteiger partial charge in [-0.15, -0.1) is 0 Å². The van der Waals surface area contributed by atoms with E-state index in [0.29, 0.717) is 11.3 Å². The summed E-state index contributed by atoms with van der Waals surface area (Å²) in [6, 6.07) is 5.73. The zero-order chi connectivity index (χ0) is 14.7. The molecule has 0 spiro atoms. The predicted molar refractivity (Wildman–Crippen MR) is 67.6 cm³/mol. The minimum Gasteiger partial charge on any atom is -0.476 e. The third-order valence-electron chi connectivity index (χ3n) is 2.59. The third-order valence-corrected chi connectivity index (χ3v) is 2.59. The monoisotopic (exact) mass is 277 g/mol. The van der Waals surface area contributed by atoms with E-state index >= 15 is 0 Å². The fraction of sp³-hybridized carbons (Fsp3) is 0.167. The molecule has 1 N–H and O–H groups in total. The van der Waals surface area contributed by atoms with E-state index in [1.165, 1.54) is 29.1 Å². The molecule has 2 rings (SSSR count). The molecule has 1 heterocycles. The molecule has 0 atom stereocenters. The van der Waals surface area contributed by atoms with Gasteiger partial charge in [0.1, 0.15) is 5.75 Å². The van der Waals surface area contributed by atoms with E-state index in [-0.39, 0.29) is 18.1 Å². The Labute approximate surface area is 113 Å². The Morgan fingerprint density at radius 3 is 2.80 bits per heavy atom. The summed E-state index contributed by atoms with van der Waals surface area (Å²) in [6.45, 7) is 1.63. The molecule has 0 saturated carbocycles. The molecule has 8 nitrogen and oxygen atoms in total. The van der Waals surface area contributed by atoms with Crippen molar-refractivity contribution in [1.29, 1.82) is 0 Å². The number of carboxylic acids is 1. The van der Waals surface area contributed by atoms with Gasteiger partial charge in [0.2, 0.25) is 0 Å². The van der Waals surface area contributed by atoms with E-state index in [2.05, 4.69) is 5.10 Å². The number of ether oxygens (including phenoxy) is 1. The van der Waals surface area contributed by atoms with Crippen molar-refractivity contribution in [2.24, 2.45) is 0 Å². The minimum atomic E-state index is -1.12. The Morgan fingerprint density at radius 2 is 2.25 bits per heavy atom. The van der Waals surface area contributed by atoms with Gasteiger partial charge in [-0.1, -0.05) is 0 Å². The van der Waals surface area contributed by atoms with Crippen molar-refractivity contribution in [3.8, 4) is 5.75 Å². The lowest BCUT2D eigenvalue weighted by Crippen LogP contribution is -2.07. The smallest absolute Gasteiger partial charge is 0.356 e. The van der Waals surface area contributed by atoms with Gasteiger partial charge in [-0.05, 0) is 25.1 Å². The molecule has 0 aliphatic carbocycles. The van der Waals surface area contributed by atoms with Crippen molar-refractivity contribution in [3.05, 3.63) is 51.8 Å². The summed E-state index contributed by atoms with van der Waals surface area (Å²) in [7, 11) is 0. The number of hydrogen-bond donors (Lipinski definition) is 1. The van der Waals surface area contributed by atoms with Crippen molar-refractivity contribution in [3.63, 3.8) is 0 Å². The number of carboxylic acid groups (broad SMARTS) is 1. The largest absolute Gasteiger partial charge is 0.476 e. The number of aromatic carboxylic acids is 1. The van der Waals surface area contributed by atoms with Gasteiger partial charge < -0.3 is 9.84 Å². The van der Waals surface area contributed by atoms with Gasteiger partial charge in [0.25, 0.3) is 5.69 Å². The van der Waals surface area contributed by atoms with Crippen molar-refractivity contribution < 1.29 is 19.6 Å². The number of aryl methyl sites for hydroxylation is 1. The molecule has 0 bridgehead atoms. The third kappa shape index (κ3) is 2.91. The topological polar surface area (TPSA) is 107 Å². The fourth-order valence-corrected chi connectivity index (χ4v) is 1.61. The van der Waals surface area contributed by atoms with Crippen LogP contribution in [0.4, 0.5) is 5.69 Å². The quantitative estimate of drug-likeness (QED) is 0.659. The van der Waals surface area contributed by atoms with Gasteiger partial charge in [-0.3, -0.25) is 10.1 Å². The molecular formula is C12H11N3O5. The average Bonchev–Trinajstić information content (AvgIpc) is 2.85. The van der Waals surface area contributed by atoms with Crippen LogP contribution in [0.15, 0.2) is 30.5 Å². The van der Waals surface area contributed by atoms with Gasteiger partial charge >= 0.3 is 5.97 Å². The molecular weight excluding hydrogens is 266 g/mol. The maximum atomic E-state index is 10.7. The van der Waals surface area contributed by atoms with Crippen LogP contribution in [-0.4, -0.2) is 25.8 Å². The molecule has 104 valence electrons. The molecule has 0 fully saturated rings. The number of hydrogen-bond acceptors (Lipinski definition) is 5. The second kappa shape index (κ2) is 5.39. The molecule has 0 amide bonds. The van der Waals surface area contributed by atoms with Crippen LogP contribution in [0.1, 0.15) is 16.1 Å². The summed E-state index contributed by atoms with van der Waals surface area (Å²) in [6.07, 6.45) is 1.47. The van der Waals surface area contributed by atoms with E-state index < -0.39 is 10.9 Å². The number of aromatic nitrogens is 2. The molecule has 8 heteroatoms. The van der Waals surface area contributed by atoms with E-state index in [9.17, 15) is 14.9 Å². The Hall–Kier alpha value is -2.90. The highest BCUT2D eigenvalue weighted by Gasteiger charge is 2.11. The number of nitro benzene ring substituents is 1. The maximum absolute atomic E-state index is 10.7. The van der Waals surface area contributed by atoms with Crippen molar-refractivity contribution in [2.75, 3.05) is 0 Å². The first-order valence-corrected chi connectivity index (χ1v) is 5.62. The van der Waals surface area contributed by atoms with Crippen molar-refractivity contribution >= 4 is 11.7 Å². The molecule has 0 radical (unpaired) electrons. The minimum absolute atomic E-state index is 0.0182. The summed E-state index contributed by atoms with van der Waals surface area (Å²) in [5.74, 6) is -0.671. The summed E-state index contributed by atoms with van der Waals surface area (Å²) in [4.78, 5) is 20.9. The summed E-state index contributed by atoms with van der Waals surface area (Å²) in [5.41, 5.74) is 0.428. The molecule has 0 unspecified atom stereocenters. The van der Waals surface area contributed by atoms with Crippen LogP contribution in [0.3, 0.4) is 0 Å². The molecule has 1 aromatic carbocycles. The zero-order valence-corrected chi connectivity index (χ0v) is 10.5. The summed E-state index contributed by atoms with van der Waals surface area (Å²) < 4.78 is 6.71. The number of nitrogens with zero attached hydrogens (tertiary/aromatic N) is 3. The highest BCUT2D eigenvalue weighted by Crippen LogP contribution is 2.23. The zero-order valence-electron chi connectivity index (χ0n) is 10.5. The van der Waals surface area contributed by atoms with E-state index in [4.69, 9.17) is 9.84 Å². The molecule has 0 aliphatic rings. The highest BCUT2D eigenvalue weighted by molar-refractivity contribution is 5.84. The molecule has 2 aromatic rings. The lowest BCUT2D eigenvalue weighted by Gasteiger charge is -2.07. The molecule has 1 aromatic heterocycles. The Morgan fingerprint density at radius 1 is 1.50 bits per heavy atom. The Bertz CT molecular complexity index is 665. The lowest BCUT2D eigenvalue weighted by atomic mass is 10.2. The van der Waals surface area contributed by atoms with Gasteiger partial charge in [-0.25, -0.2) is 9.48 Å². The Balaban J connectivity index is 2.05. The van der Waals surface area contributed by atoms with Crippen LogP contribution < -0.4 is 4.74 Å². The predicted octanol–water partition coefficient (Wildman–Crippen LogP) is 1.83. The number of rotatable bonds is 5. The van der Waals surface area contributed by atoms with Gasteiger partial charge in [-0.2, -0.15) is 5.10 Å². The van der Waals surface area contributed by atoms with Crippen LogP contribution in [0, 0.1) is 17.0 Å². The first-order valence-electron chi connectivity index (χ1n) is 5.62. The normalized spacial score (nSPS) is 10.2. The summed E-state index contributed by atoms with van der Waals surface area (Å²) >= 11 is 0. The van der Waals surface area contributed by atoms with E-state index in [1.807, 2.05) is 0 Å². The van der Waals surface area contributed by atoms with Crippen LogP contribution in [0.5, 0.6) is 5.75 Å². The highest BCUT2D eigenvalue weighted by atomic mass is 16.6. The van der Waals surface area contributed by atoms with Gasteiger partial charge in [0, 0.05) is 17.8 Å². The SMILES string of the molecule is Cc1cc(OCn2ccc(C(=O)O)n2)ccc1[N+](=O)[O-]. The lowest BCUT2D eigenvalue weighted by molar-refractivity contribution is -0.385. The van der Waals surface area contributed by atoms with Gasteiger partial charge in [0.15, 0.2) is 12.4 Å². The molecule has 20 heavy (non-hydrogen) atoms. The second-order valence-corrected chi connectivity index (χ2v) is 4.02. The van der Waals surface area contributed by atoms with E-state index in [0.717, 1.165) is 0 Å². The molecule has 0 saturated heterocycles. The molecule has 0 aliphatic heterocycles. The fourth-order valence-electron chi connectivity index (χ4n) is 1.61. The first-order chi connectivity index (χ1) is 9.47. The Kier molecular flexibility index (Phi) is 3.65. The van der Waals surface area contributed by atoms with Crippen LogP contribution in [0.2, 0.25) is 0 Å². The number of nitro groups is 1. The summed E-state index contributed by atoms with van der Waals surface area (Å²) in [5, 5.41) is 23.2. The van der Waals surface area contributed by atoms with E-state index in [1.54, 1.807) is 13.0 Å². The second-order valence-electron chi connectivity index (χ2n) is 4.02. The number of benzene rings is 1. The maximum Gasteiger partial charge on any atom is 0.356 e. The van der Waals surface area contributed by atoms with Crippen molar-refractivity contribution in [2.45, 2.75) is 13.7 Å². The average molecular weight is 277 g/mol. The standard InChI is InChI=1S/C12H11N3O5/c1-8-6-9(2-3-11(8)15(18)19)20-7-14-5-4-10(13-14)12(16)17/h2-6H,7H2,1H3,(H,16,17). The van der Waals surface area contributed by atoms with Crippen LogP contribution >= 0.6 is 0 Å². The van der Waals surface area contributed by atoms with Gasteiger partial charge in [0.05, 0.1) is 4.92 Å². The number of carbonyl (C=O) groups is 1. The van der Waals surface area contributed by atoms with Crippen LogP contribution in [-0.2, 0) is 6.73 Å². The van der Waals surface area contributed by atoms with Crippen LogP contribution in [0.25, 0.3) is 0 Å². The van der Waals surface area contributed by atoms with Crippen molar-refractivity contribution in [1.82, 2.24) is 9.78 Å².